The summed E-state index contributed by atoms with van der Waals surface area (Å²) in [6, 6.07) is 8.25. The van der Waals surface area contributed by atoms with Crippen molar-refractivity contribution < 1.29 is 19.0 Å². The number of aliphatic hydroxyl groups is 1. The molecule has 1 heterocycles. The molecule has 5 heteroatoms. The lowest BCUT2D eigenvalue weighted by atomic mass is 9.75. The van der Waals surface area contributed by atoms with Crippen LogP contribution < -0.4 is 14.8 Å². The maximum Gasteiger partial charge on any atom is 0.161 e. The molecule has 1 aliphatic rings. The minimum absolute atomic E-state index is 0.0169. The summed E-state index contributed by atoms with van der Waals surface area (Å²) in [5.41, 5.74) is 2.62. The van der Waals surface area contributed by atoms with Gasteiger partial charge in [-0.2, -0.15) is 0 Å². The second-order valence-electron chi connectivity index (χ2n) is 7.33. The van der Waals surface area contributed by atoms with E-state index in [1.165, 1.54) is 5.56 Å². The van der Waals surface area contributed by atoms with Gasteiger partial charge in [0.25, 0.3) is 0 Å². The van der Waals surface area contributed by atoms with Crippen molar-refractivity contribution in [2.45, 2.75) is 39.3 Å². The van der Waals surface area contributed by atoms with Crippen molar-refractivity contribution in [2.24, 2.45) is 5.41 Å². The molecular weight excluding hydrogens is 318 g/mol. The van der Waals surface area contributed by atoms with Crippen molar-refractivity contribution in [1.82, 2.24) is 5.32 Å². The van der Waals surface area contributed by atoms with Gasteiger partial charge < -0.3 is 24.3 Å². The van der Waals surface area contributed by atoms with Gasteiger partial charge in [-0.15, -0.1) is 0 Å². The van der Waals surface area contributed by atoms with Crippen molar-refractivity contribution in [1.29, 1.82) is 0 Å². The summed E-state index contributed by atoms with van der Waals surface area (Å²) in [5, 5.41) is 12.5. The van der Waals surface area contributed by atoms with Gasteiger partial charge in [-0.05, 0) is 35.6 Å². The number of benzene rings is 1. The van der Waals surface area contributed by atoms with Crippen molar-refractivity contribution in [2.75, 3.05) is 20.3 Å². The first-order valence-corrected chi connectivity index (χ1v) is 8.72. The number of methoxy groups -OCH3 is 1. The van der Waals surface area contributed by atoms with Crippen LogP contribution in [0.15, 0.2) is 34.9 Å². The van der Waals surface area contributed by atoms with Crippen LogP contribution in [-0.4, -0.2) is 25.4 Å². The smallest absolute Gasteiger partial charge is 0.161 e. The number of hydrogen-bond donors (Lipinski definition) is 2. The molecule has 136 valence electrons. The van der Waals surface area contributed by atoms with Gasteiger partial charge in [0.05, 0.1) is 20.0 Å². The van der Waals surface area contributed by atoms with E-state index in [0.717, 1.165) is 30.7 Å². The minimum Gasteiger partial charge on any atom is -0.493 e. The highest BCUT2D eigenvalue weighted by molar-refractivity contribution is 5.43. The SMILES string of the molecule is COc1cc(CN[C@@H]2CC(C)(C)Cc3occc32)ccc1OCCO. The van der Waals surface area contributed by atoms with Crippen molar-refractivity contribution in [3.8, 4) is 11.5 Å². The van der Waals surface area contributed by atoms with E-state index in [9.17, 15) is 0 Å². The summed E-state index contributed by atoms with van der Waals surface area (Å²) in [5.74, 6) is 2.43. The quantitative estimate of drug-likeness (QED) is 0.804. The Labute approximate surface area is 148 Å². The second-order valence-corrected chi connectivity index (χ2v) is 7.33. The average Bonchev–Trinajstić information content (AvgIpc) is 3.05. The molecule has 0 spiro atoms. The monoisotopic (exact) mass is 345 g/mol. The Morgan fingerprint density at radius 1 is 1.28 bits per heavy atom. The van der Waals surface area contributed by atoms with Crippen LogP contribution in [0.5, 0.6) is 11.5 Å². The molecule has 1 atom stereocenters. The fourth-order valence-electron chi connectivity index (χ4n) is 3.49. The van der Waals surface area contributed by atoms with E-state index in [1.807, 2.05) is 18.2 Å². The van der Waals surface area contributed by atoms with Crippen LogP contribution in [0.3, 0.4) is 0 Å². The molecule has 0 saturated heterocycles. The van der Waals surface area contributed by atoms with Crippen molar-refractivity contribution >= 4 is 0 Å². The van der Waals surface area contributed by atoms with Crippen LogP contribution in [0.25, 0.3) is 0 Å². The Bertz CT molecular complexity index is 707. The van der Waals surface area contributed by atoms with Crippen LogP contribution in [0.1, 0.15) is 43.2 Å². The Morgan fingerprint density at radius 3 is 2.88 bits per heavy atom. The lowest BCUT2D eigenvalue weighted by Crippen LogP contribution is -2.32. The van der Waals surface area contributed by atoms with Crippen LogP contribution in [0.4, 0.5) is 0 Å². The van der Waals surface area contributed by atoms with Gasteiger partial charge in [-0.3, -0.25) is 0 Å². The van der Waals surface area contributed by atoms with Gasteiger partial charge in [0.2, 0.25) is 0 Å². The van der Waals surface area contributed by atoms with E-state index in [-0.39, 0.29) is 24.7 Å². The molecule has 0 saturated carbocycles. The van der Waals surface area contributed by atoms with Crippen LogP contribution in [0.2, 0.25) is 0 Å². The molecule has 25 heavy (non-hydrogen) atoms. The van der Waals surface area contributed by atoms with E-state index in [2.05, 4.69) is 25.2 Å². The molecule has 0 fully saturated rings. The molecule has 3 rings (SSSR count). The van der Waals surface area contributed by atoms with Gasteiger partial charge in [0, 0.05) is 24.6 Å². The maximum atomic E-state index is 8.90. The molecular formula is C20H27NO4. The fraction of sp³-hybridized carbons (Fsp3) is 0.500. The Kier molecular flexibility index (Phi) is 5.35. The first-order chi connectivity index (χ1) is 12.0. The number of aliphatic hydroxyl groups excluding tert-OH is 1. The van der Waals surface area contributed by atoms with Gasteiger partial charge in [-0.25, -0.2) is 0 Å². The molecule has 5 nitrogen and oxygen atoms in total. The zero-order chi connectivity index (χ0) is 17.9. The fourth-order valence-corrected chi connectivity index (χ4v) is 3.49. The maximum absolute atomic E-state index is 8.90. The third-order valence-corrected chi connectivity index (χ3v) is 4.68. The van der Waals surface area contributed by atoms with Crippen LogP contribution >= 0.6 is 0 Å². The number of ether oxygens (including phenoxy) is 2. The highest BCUT2D eigenvalue weighted by atomic mass is 16.5. The first-order valence-electron chi connectivity index (χ1n) is 8.72. The normalized spacial score (nSPS) is 18.6. The zero-order valence-corrected chi connectivity index (χ0v) is 15.2. The summed E-state index contributed by atoms with van der Waals surface area (Å²) in [6.45, 7) is 5.54. The third-order valence-electron chi connectivity index (χ3n) is 4.68. The molecule has 1 aromatic carbocycles. The number of fused-ring (bicyclic) bond motifs is 1. The Hall–Kier alpha value is -1.98. The van der Waals surface area contributed by atoms with E-state index in [1.54, 1.807) is 13.4 Å². The largest absolute Gasteiger partial charge is 0.493 e. The predicted molar refractivity (Wildman–Crippen MR) is 96.0 cm³/mol. The summed E-state index contributed by atoms with van der Waals surface area (Å²) in [4.78, 5) is 0. The van der Waals surface area contributed by atoms with Gasteiger partial charge in [-0.1, -0.05) is 19.9 Å². The lowest BCUT2D eigenvalue weighted by molar-refractivity contribution is 0.196. The van der Waals surface area contributed by atoms with Gasteiger partial charge >= 0.3 is 0 Å². The number of rotatable bonds is 7. The molecule has 2 N–H and O–H groups in total. The highest BCUT2D eigenvalue weighted by Crippen LogP contribution is 2.41. The molecule has 0 aliphatic heterocycles. The van der Waals surface area contributed by atoms with E-state index < -0.39 is 0 Å². The molecule has 0 bridgehead atoms. The number of hydrogen-bond acceptors (Lipinski definition) is 5. The molecule has 1 aromatic heterocycles. The molecule has 0 amide bonds. The predicted octanol–water partition coefficient (Wildman–Crippen LogP) is 3.46. The number of furan rings is 1. The summed E-state index contributed by atoms with van der Waals surface area (Å²) < 4.78 is 16.6. The molecule has 0 radical (unpaired) electrons. The second kappa shape index (κ2) is 7.50. The molecule has 0 unspecified atom stereocenters. The van der Waals surface area contributed by atoms with Gasteiger partial charge in [0.15, 0.2) is 11.5 Å². The summed E-state index contributed by atoms with van der Waals surface area (Å²) in [7, 11) is 1.62. The van der Waals surface area contributed by atoms with E-state index in [4.69, 9.17) is 19.0 Å². The Morgan fingerprint density at radius 2 is 2.12 bits per heavy atom. The van der Waals surface area contributed by atoms with Crippen molar-refractivity contribution in [3.63, 3.8) is 0 Å². The van der Waals surface area contributed by atoms with Crippen LogP contribution in [-0.2, 0) is 13.0 Å². The summed E-state index contributed by atoms with van der Waals surface area (Å²) in [6.07, 6.45) is 3.85. The Balaban J connectivity index is 1.69. The minimum atomic E-state index is -0.0169. The van der Waals surface area contributed by atoms with Crippen LogP contribution in [0, 0.1) is 5.41 Å². The highest BCUT2D eigenvalue weighted by Gasteiger charge is 2.33. The molecule has 1 aliphatic carbocycles. The topological polar surface area (TPSA) is 63.9 Å². The van der Waals surface area contributed by atoms with Crippen molar-refractivity contribution in [3.05, 3.63) is 47.4 Å². The van der Waals surface area contributed by atoms with Gasteiger partial charge in [0.1, 0.15) is 12.4 Å². The zero-order valence-electron chi connectivity index (χ0n) is 15.2. The standard InChI is InChI=1S/C20H27NO4/c1-20(2)11-16(15-6-8-24-19(15)12-20)21-13-14-4-5-17(25-9-7-22)18(10-14)23-3/h4-6,8,10,16,21-22H,7,9,11-13H2,1-3H3/t16-/m1/s1. The van der Waals surface area contributed by atoms with E-state index >= 15 is 0 Å². The summed E-state index contributed by atoms with van der Waals surface area (Å²) >= 11 is 0. The average molecular weight is 345 g/mol. The lowest BCUT2D eigenvalue weighted by Gasteiger charge is -2.35. The first kappa shape index (κ1) is 17.8. The molecule has 2 aromatic rings. The van der Waals surface area contributed by atoms with E-state index in [0.29, 0.717) is 11.5 Å². The number of nitrogens with one attached hydrogen (secondary N) is 1. The third kappa shape index (κ3) is 4.17.